The van der Waals surface area contributed by atoms with Crippen molar-refractivity contribution in [2.24, 2.45) is 0 Å². The second kappa shape index (κ2) is 6.74. The van der Waals surface area contributed by atoms with Gasteiger partial charge in [0.25, 0.3) is 0 Å². The molecule has 0 N–H and O–H groups in total. The molecule has 23 heavy (non-hydrogen) atoms. The van der Waals surface area contributed by atoms with Crippen molar-refractivity contribution in [3.8, 4) is 0 Å². The van der Waals surface area contributed by atoms with Crippen LogP contribution in [0.5, 0.6) is 0 Å². The van der Waals surface area contributed by atoms with Gasteiger partial charge >= 0.3 is 0 Å². The van der Waals surface area contributed by atoms with E-state index in [0.717, 1.165) is 28.6 Å². The van der Waals surface area contributed by atoms with E-state index in [1.807, 2.05) is 31.2 Å². The van der Waals surface area contributed by atoms with Crippen LogP contribution in [0.15, 0.2) is 54.6 Å². The topological polar surface area (TPSA) is 30.0 Å². The van der Waals surface area contributed by atoms with E-state index in [1.54, 1.807) is 0 Å². The molecule has 116 valence electrons. The van der Waals surface area contributed by atoms with Crippen molar-refractivity contribution < 1.29 is 4.79 Å². The highest BCUT2D eigenvalue weighted by molar-refractivity contribution is 5.88. The molecule has 0 amide bonds. The lowest BCUT2D eigenvalue weighted by Crippen LogP contribution is -2.05. The van der Waals surface area contributed by atoms with Crippen LogP contribution in [-0.4, -0.2) is 10.8 Å². The second-order valence-corrected chi connectivity index (χ2v) is 6.14. The number of pyridine rings is 1. The maximum absolute atomic E-state index is 12.4. The molecule has 0 aliphatic rings. The van der Waals surface area contributed by atoms with Gasteiger partial charge in [-0.2, -0.15) is 0 Å². The number of rotatable bonds is 5. The highest BCUT2D eigenvalue weighted by Gasteiger charge is 2.09. The van der Waals surface area contributed by atoms with Gasteiger partial charge in [0.1, 0.15) is 5.78 Å². The van der Waals surface area contributed by atoms with Crippen molar-refractivity contribution in [3.63, 3.8) is 0 Å². The summed E-state index contributed by atoms with van der Waals surface area (Å²) in [6.07, 6.45) is 1.83. The molecule has 2 aromatic carbocycles. The number of fused-ring (bicyclic) bond motifs is 1. The van der Waals surface area contributed by atoms with Crippen LogP contribution < -0.4 is 0 Å². The Balaban J connectivity index is 1.70. The lowest BCUT2D eigenvalue weighted by atomic mass is 10.00. The zero-order chi connectivity index (χ0) is 16.2. The number of carbonyl (C=O) groups excluding carboxylic acids is 1. The van der Waals surface area contributed by atoms with Crippen LogP contribution in [0.2, 0.25) is 0 Å². The maximum Gasteiger partial charge on any atom is 0.137 e. The summed E-state index contributed by atoms with van der Waals surface area (Å²) in [6, 6.07) is 18.5. The number of benzene rings is 2. The molecule has 0 aliphatic carbocycles. The van der Waals surface area contributed by atoms with Crippen molar-refractivity contribution in [3.05, 3.63) is 77.0 Å². The lowest BCUT2D eigenvalue weighted by Gasteiger charge is -2.07. The molecule has 1 aromatic heterocycles. The van der Waals surface area contributed by atoms with Crippen molar-refractivity contribution >= 4 is 16.7 Å². The number of nitrogens with zero attached hydrogens (tertiary/aromatic N) is 1. The van der Waals surface area contributed by atoms with Crippen molar-refractivity contribution in [1.82, 2.24) is 4.98 Å². The molecule has 1 heterocycles. The minimum Gasteiger partial charge on any atom is -0.299 e. The largest absolute Gasteiger partial charge is 0.299 e. The van der Waals surface area contributed by atoms with Crippen LogP contribution >= 0.6 is 0 Å². The van der Waals surface area contributed by atoms with E-state index in [9.17, 15) is 4.79 Å². The summed E-state index contributed by atoms with van der Waals surface area (Å²) in [6.45, 7) is 4.06. The molecule has 3 aromatic rings. The van der Waals surface area contributed by atoms with Crippen LogP contribution in [0.25, 0.3) is 10.9 Å². The first-order valence-electron chi connectivity index (χ1n) is 8.04. The van der Waals surface area contributed by atoms with E-state index in [-0.39, 0.29) is 5.78 Å². The van der Waals surface area contributed by atoms with Crippen LogP contribution in [0.3, 0.4) is 0 Å². The Kier molecular flexibility index (Phi) is 4.52. The van der Waals surface area contributed by atoms with E-state index < -0.39 is 0 Å². The molecular weight excluding hydrogens is 282 g/mol. The van der Waals surface area contributed by atoms with Gasteiger partial charge in [0, 0.05) is 23.9 Å². The summed E-state index contributed by atoms with van der Waals surface area (Å²) in [5, 5.41) is 1.10. The number of hydrogen-bond acceptors (Lipinski definition) is 2. The summed E-state index contributed by atoms with van der Waals surface area (Å²) < 4.78 is 0. The molecule has 0 saturated heterocycles. The molecule has 0 spiro atoms. The molecular formula is C21H21NO. The fraction of sp³-hybridized carbons (Fsp3) is 0.238. The Morgan fingerprint density at radius 3 is 2.52 bits per heavy atom. The van der Waals surface area contributed by atoms with E-state index in [1.165, 1.54) is 11.1 Å². The third-order valence-electron chi connectivity index (χ3n) is 4.14. The fourth-order valence-corrected chi connectivity index (χ4v) is 2.79. The Morgan fingerprint density at radius 1 is 0.957 bits per heavy atom. The molecule has 2 nitrogen and oxygen atoms in total. The monoisotopic (exact) mass is 303 g/mol. The van der Waals surface area contributed by atoms with Gasteiger partial charge in [-0.15, -0.1) is 0 Å². The number of aryl methyl sites for hydroxylation is 3. The molecule has 0 unspecified atom stereocenters. The number of ketones is 1. The standard InChI is InChI=1S/C21H21NO/c1-15-6-9-17(10-7-15)11-13-20(23)14-19-5-3-4-18-12-8-16(2)22-21(18)19/h3-10,12H,11,13-14H2,1-2H3. The molecule has 2 heteroatoms. The van der Waals surface area contributed by atoms with Crippen LogP contribution in [-0.2, 0) is 17.6 Å². The smallest absolute Gasteiger partial charge is 0.137 e. The van der Waals surface area contributed by atoms with Crippen molar-refractivity contribution in [2.75, 3.05) is 0 Å². The van der Waals surface area contributed by atoms with Gasteiger partial charge in [0.15, 0.2) is 0 Å². The predicted octanol–water partition coefficient (Wildman–Crippen LogP) is 4.60. The zero-order valence-electron chi connectivity index (χ0n) is 13.7. The molecule has 0 fully saturated rings. The third-order valence-corrected chi connectivity index (χ3v) is 4.14. The van der Waals surface area contributed by atoms with Crippen LogP contribution in [0, 0.1) is 13.8 Å². The first-order chi connectivity index (χ1) is 11.1. The molecule has 0 saturated carbocycles. The Morgan fingerprint density at radius 2 is 1.74 bits per heavy atom. The van der Waals surface area contributed by atoms with Gasteiger partial charge in [-0.1, -0.05) is 54.1 Å². The Bertz CT molecular complexity index is 834. The third kappa shape index (κ3) is 3.84. The quantitative estimate of drug-likeness (QED) is 0.689. The van der Waals surface area contributed by atoms with Crippen molar-refractivity contribution in [1.29, 1.82) is 0 Å². The van der Waals surface area contributed by atoms with Crippen molar-refractivity contribution in [2.45, 2.75) is 33.1 Å². The SMILES string of the molecule is Cc1ccc(CCC(=O)Cc2cccc3ccc(C)nc23)cc1. The summed E-state index contributed by atoms with van der Waals surface area (Å²) in [4.78, 5) is 17.0. The normalized spacial score (nSPS) is 10.9. The summed E-state index contributed by atoms with van der Waals surface area (Å²) in [5.41, 5.74) is 5.43. The predicted molar refractivity (Wildman–Crippen MR) is 94.7 cm³/mol. The molecule has 0 aliphatic heterocycles. The molecule has 0 radical (unpaired) electrons. The van der Waals surface area contributed by atoms with Gasteiger partial charge in [-0.3, -0.25) is 9.78 Å². The number of hydrogen-bond donors (Lipinski definition) is 0. The van der Waals surface area contributed by atoms with Gasteiger partial charge in [0.2, 0.25) is 0 Å². The first kappa shape index (κ1) is 15.4. The molecule has 0 atom stereocenters. The van der Waals surface area contributed by atoms with Gasteiger partial charge in [-0.25, -0.2) is 0 Å². The number of Topliss-reactive ketones (excluding diaryl/α,β-unsaturated/α-hetero) is 1. The fourth-order valence-electron chi connectivity index (χ4n) is 2.79. The highest BCUT2D eigenvalue weighted by Crippen LogP contribution is 2.18. The van der Waals surface area contributed by atoms with Gasteiger partial charge in [-0.05, 0) is 37.5 Å². The van der Waals surface area contributed by atoms with Crippen LogP contribution in [0.1, 0.15) is 28.8 Å². The Labute approximate surface area is 137 Å². The van der Waals surface area contributed by atoms with Crippen LogP contribution in [0.4, 0.5) is 0 Å². The summed E-state index contributed by atoms with van der Waals surface area (Å²) in [5.74, 6) is 0.265. The number of aromatic nitrogens is 1. The summed E-state index contributed by atoms with van der Waals surface area (Å²) in [7, 11) is 0. The number of carbonyl (C=O) groups is 1. The number of para-hydroxylation sites is 1. The van der Waals surface area contributed by atoms with Gasteiger partial charge < -0.3 is 0 Å². The second-order valence-electron chi connectivity index (χ2n) is 6.14. The van der Waals surface area contributed by atoms with E-state index in [2.05, 4.69) is 42.2 Å². The minimum atomic E-state index is 0.265. The summed E-state index contributed by atoms with van der Waals surface area (Å²) >= 11 is 0. The van der Waals surface area contributed by atoms with E-state index in [4.69, 9.17) is 0 Å². The average Bonchev–Trinajstić information content (AvgIpc) is 2.55. The molecule has 3 rings (SSSR count). The average molecular weight is 303 g/mol. The maximum atomic E-state index is 12.4. The molecule has 0 bridgehead atoms. The minimum absolute atomic E-state index is 0.265. The zero-order valence-corrected chi connectivity index (χ0v) is 13.7. The Hall–Kier alpha value is -2.48. The lowest BCUT2D eigenvalue weighted by molar-refractivity contribution is -0.118. The first-order valence-corrected chi connectivity index (χ1v) is 8.04. The van der Waals surface area contributed by atoms with E-state index in [0.29, 0.717) is 12.8 Å². The van der Waals surface area contributed by atoms with Gasteiger partial charge in [0.05, 0.1) is 5.52 Å². The highest BCUT2D eigenvalue weighted by atomic mass is 16.1. The van der Waals surface area contributed by atoms with E-state index >= 15 is 0 Å².